The molecule has 1 aliphatic rings. The Morgan fingerprint density at radius 1 is 1.10 bits per heavy atom. The zero-order valence-corrected chi connectivity index (χ0v) is 13.3. The number of hydrogen-bond acceptors (Lipinski definition) is 3. The highest BCUT2D eigenvalue weighted by Crippen LogP contribution is 2.35. The summed E-state index contributed by atoms with van der Waals surface area (Å²) in [4.78, 5) is 29.8. The topological polar surface area (TPSA) is 50.3 Å². The van der Waals surface area contributed by atoms with Crippen LogP contribution in [-0.4, -0.2) is 16.7 Å². The summed E-state index contributed by atoms with van der Waals surface area (Å²) < 4.78 is 1.51. The normalized spacial score (nSPS) is 13.8. The van der Waals surface area contributed by atoms with Gasteiger partial charge in [-0.15, -0.1) is 0 Å². The Morgan fingerprint density at radius 3 is 2.60 bits per heavy atom. The summed E-state index contributed by atoms with van der Waals surface area (Å²) in [6, 6.07) is 8.99. The minimum absolute atomic E-state index is 0.279. The Morgan fingerprint density at radius 2 is 1.90 bits per heavy atom. The van der Waals surface area contributed by atoms with Crippen LogP contribution in [-0.2, 0) is 11.3 Å². The number of anilines is 1. The molecule has 0 radical (unpaired) electrons. The van der Waals surface area contributed by atoms with Crippen LogP contribution in [0, 0.1) is 0 Å². The summed E-state index contributed by atoms with van der Waals surface area (Å²) in [5, 5.41) is 0. The van der Waals surface area contributed by atoms with E-state index in [0.717, 1.165) is 10.2 Å². The average Bonchev–Trinajstić information content (AvgIpc) is 2.67. The van der Waals surface area contributed by atoms with Crippen LogP contribution in [0.1, 0.15) is 16.1 Å². The zero-order valence-electron chi connectivity index (χ0n) is 10.1. The Bertz CT molecular complexity index is 714. The van der Waals surface area contributed by atoms with Crippen LogP contribution in [0.2, 0.25) is 0 Å². The number of benzene rings is 1. The van der Waals surface area contributed by atoms with Gasteiger partial charge in [0.1, 0.15) is 0 Å². The minimum Gasteiger partial charge on any atom is -0.299 e. The number of aromatic nitrogens is 1. The third-order valence-electron chi connectivity index (χ3n) is 3.06. The zero-order chi connectivity index (χ0) is 14.3. The van der Waals surface area contributed by atoms with Gasteiger partial charge in [0.15, 0.2) is 0 Å². The van der Waals surface area contributed by atoms with Crippen molar-refractivity contribution in [3.8, 4) is 0 Å². The largest absolute Gasteiger partial charge is 0.299 e. The van der Waals surface area contributed by atoms with Crippen LogP contribution >= 0.6 is 31.9 Å². The summed E-state index contributed by atoms with van der Waals surface area (Å²) >= 11 is 6.63. The van der Waals surface area contributed by atoms with Gasteiger partial charge in [-0.25, -0.2) is 0 Å². The highest BCUT2D eigenvalue weighted by Gasteiger charge is 2.37. The van der Waals surface area contributed by atoms with Crippen molar-refractivity contribution in [2.75, 3.05) is 4.90 Å². The molecule has 20 heavy (non-hydrogen) atoms. The number of ketones is 1. The lowest BCUT2D eigenvalue weighted by molar-refractivity contribution is -0.114. The second kappa shape index (κ2) is 5.10. The molecule has 100 valence electrons. The molecule has 0 bridgehead atoms. The van der Waals surface area contributed by atoms with Gasteiger partial charge in [-0.05, 0) is 56.1 Å². The molecule has 2 heterocycles. The average molecular weight is 396 g/mol. The first-order valence-corrected chi connectivity index (χ1v) is 7.41. The maximum Gasteiger partial charge on any atom is 0.299 e. The molecule has 2 aromatic rings. The van der Waals surface area contributed by atoms with Gasteiger partial charge in [-0.1, -0.05) is 6.07 Å². The van der Waals surface area contributed by atoms with E-state index < -0.39 is 11.7 Å². The fraction of sp³-hybridized carbons (Fsp3) is 0.0714. The number of Topliss-reactive ketones (excluding diaryl/α,β-unsaturated/α-hetero) is 1. The van der Waals surface area contributed by atoms with Gasteiger partial charge in [-0.3, -0.25) is 19.5 Å². The van der Waals surface area contributed by atoms with Crippen LogP contribution in [0.5, 0.6) is 0 Å². The molecule has 6 heteroatoms. The summed E-state index contributed by atoms with van der Waals surface area (Å²) in [6.45, 7) is 0.279. The van der Waals surface area contributed by atoms with Crippen LogP contribution in [0.4, 0.5) is 5.69 Å². The lowest BCUT2D eigenvalue weighted by atomic mass is 10.1. The summed E-state index contributed by atoms with van der Waals surface area (Å²) in [5.74, 6) is -0.999. The number of carbonyl (C=O) groups is 2. The molecular weight excluding hydrogens is 388 g/mol. The number of carbonyl (C=O) groups excluding carboxylic acids is 2. The summed E-state index contributed by atoms with van der Waals surface area (Å²) in [6.07, 6.45) is 1.67. The van der Waals surface area contributed by atoms with Gasteiger partial charge >= 0.3 is 0 Å². The van der Waals surface area contributed by atoms with Crippen molar-refractivity contribution in [2.45, 2.75) is 6.54 Å². The predicted octanol–water partition coefficient (Wildman–Crippen LogP) is 3.34. The molecule has 0 fully saturated rings. The number of rotatable bonds is 2. The van der Waals surface area contributed by atoms with Crippen LogP contribution < -0.4 is 4.90 Å². The number of fused-ring (bicyclic) bond motifs is 1. The first-order chi connectivity index (χ1) is 9.58. The number of hydrogen-bond donors (Lipinski definition) is 0. The van der Waals surface area contributed by atoms with E-state index in [9.17, 15) is 9.59 Å². The van der Waals surface area contributed by atoms with Crippen molar-refractivity contribution >= 4 is 49.2 Å². The SMILES string of the molecule is O=C1C(=O)N(Cc2ccc(Br)cn2)c2cccc(Br)c21. The van der Waals surface area contributed by atoms with Gasteiger partial charge in [0.2, 0.25) is 0 Å². The number of amides is 1. The number of halogens is 2. The molecule has 0 spiro atoms. The summed E-state index contributed by atoms with van der Waals surface area (Å²) in [7, 11) is 0. The third-order valence-corrected chi connectivity index (χ3v) is 4.19. The Hall–Kier alpha value is -1.53. The van der Waals surface area contributed by atoms with Crippen LogP contribution in [0.3, 0.4) is 0 Å². The first kappa shape index (κ1) is 13.5. The molecule has 0 unspecified atom stereocenters. The standard InChI is InChI=1S/C14H8Br2N2O2/c15-8-4-5-9(17-6-8)7-18-11-3-1-2-10(16)12(11)13(19)14(18)20/h1-6H,7H2. The number of pyridine rings is 1. The van der Waals surface area contributed by atoms with Crippen molar-refractivity contribution < 1.29 is 9.59 Å². The third kappa shape index (κ3) is 2.19. The first-order valence-electron chi connectivity index (χ1n) is 5.83. The van der Waals surface area contributed by atoms with Crippen molar-refractivity contribution in [3.05, 3.63) is 56.7 Å². The van der Waals surface area contributed by atoms with Gasteiger partial charge in [0.25, 0.3) is 11.7 Å². The fourth-order valence-corrected chi connectivity index (χ4v) is 2.89. The lowest BCUT2D eigenvalue weighted by Crippen LogP contribution is -2.29. The van der Waals surface area contributed by atoms with Gasteiger partial charge < -0.3 is 0 Å². The van der Waals surface area contributed by atoms with Gasteiger partial charge in [0.05, 0.1) is 23.5 Å². The lowest BCUT2D eigenvalue weighted by Gasteiger charge is -2.16. The van der Waals surface area contributed by atoms with E-state index in [1.807, 2.05) is 12.1 Å². The highest BCUT2D eigenvalue weighted by atomic mass is 79.9. The van der Waals surface area contributed by atoms with E-state index in [-0.39, 0.29) is 6.54 Å². The van der Waals surface area contributed by atoms with Crippen molar-refractivity contribution in [1.82, 2.24) is 4.98 Å². The smallest absolute Gasteiger partial charge is 0.299 e. The van der Waals surface area contributed by atoms with Crippen LogP contribution in [0.25, 0.3) is 0 Å². The number of nitrogens with zero attached hydrogens (tertiary/aromatic N) is 2. The molecule has 0 N–H and O–H groups in total. The van der Waals surface area contributed by atoms with E-state index in [1.54, 1.807) is 24.4 Å². The second-order valence-corrected chi connectivity index (χ2v) is 6.09. The molecule has 0 saturated heterocycles. The quantitative estimate of drug-likeness (QED) is 0.732. The fourth-order valence-electron chi connectivity index (χ4n) is 2.12. The Labute approximate surface area is 132 Å². The van der Waals surface area contributed by atoms with Crippen molar-refractivity contribution in [1.29, 1.82) is 0 Å². The van der Waals surface area contributed by atoms with E-state index in [2.05, 4.69) is 36.8 Å². The monoisotopic (exact) mass is 394 g/mol. The minimum atomic E-state index is -0.517. The van der Waals surface area contributed by atoms with Gasteiger partial charge in [0, 0.05) is 15.1 Å². The highest BCUT2D eigenvalue weighted by molar-refractivity contribution is 9.10. The molecule has 4 nitrogen and oxygen atoms in total. The second-order valence-electron chi connectivity index (χ2n) is 4.32. The molecule has 1 aliphatic heterocycles. The Kier molecular flexibility index (Phi) is 3.43. The van der Waals surface area contributed by atoms with E-state index in [0.29, 0.717) is 15.7 Å². The van der Waals surface area contributed by atoms with E-state index in [1.165, 1.54) is 4.90 Å². The molecule has 1 aromatic heterocycles. The maximum atomic E-state index is 12.1. The molecule has 3 rings (SSSR count). The molecular formula is C14H8Br2N2O2. The van der Waals surface area contributed by atoms with E-state index >= 15 is 0 Å². The summed E-state index contributed by atoms with van der Waals surface area (Å²) in [5.41, 5.74) is 1.77. The molecule has 0 atom stereocenters. The Balaban J connectivity index is 1.99. The van der Waals surface area contributed by atoms with Crippen LogP contribution in [0.15, 0.2) is 45.5 Å². The molecule has 0 aliphatic carbocycles. The molecule has 1 aromatic carbocycles. The molecule has 1 amide bonds. The van der Waals surface area contributed by atoms with E-state index in [4.69, 9.17) is 0 Å². The van der Waals surface area contributed by atoms with Crippen molar-refractivity contribution in [3.63, 3.8) is 0 Å². The van der Waals surface area contributed by atoms with Gasteiger partial charge in [-0.2, -0.15) is 0 Å². The molecule has 0 saturated carbocycles. The predicted molar refractivity (Wildman–Crippen MR) is 81.6 cm³/mol. The maximum absolute atomic E-state index is 12.1. The van der Waals surface area contributed by atoms with Crippen molar-refractivity contribution in [2.24, 2.45) is 0 Å².